The van der Waals surface area contributed by atoms with Crippen molar-refractivity contribution < 1.29 is 9.47 Å². The molecule has 3 aromatic rings. The molecule has 0 spiro atoms. The van der Waals surface area contributed by atoms with E-state index < -0.39 is 0 Å². The molecule has 1 aliphatic rings. The molecule has 1 aromatic heterocycles. The highest BCUT2D eigenvalue weighted by molar-refractivity contribution is 5.61. The second kappa shape index (κ2) is 7.04. The van der Waals surface area contributed by atoms with Crippen LogP contribution in [-0.2, 0) is 6.42 Å². The van der Waals surface area contributed by atoms with Crippen LogP contribution in [0.3, 0.4) is 0 Å². The summed E-state index contributed by atoms with van der Waals surface area (Å²) in [5, 5.41) is 14.4. The zero-order chi connectivity index (χ0) is 16.9. The number of hydrogen-bond donors (Lipinski definition) is 2. The van der Waals surface area contributed by atoms with E-state index in [-0.39, 0.29) is 6.79 Å². The van der Waals surface area contributed by atoms with Crippen LogP contribution in [0.15, 0.2) is 54.7 Å². The number of benzene rings is 2. The summed E-state index contributed by atoms with van der Waals surface area (Å²) in [6, 6.07) is 15.9. The fourth-order valence-corrected chi connectivity index (χ4v) is 2.52. The Bertz CT molecular complexity index is 857. The quantitative estimate of drug-likeness (QED) is 0.716. The maximum atomic E-state index is 5.37. The molecule has 0 saturated carbocycles. The van der Waals surface area contributed by atoms with Gasteiger partial charge in [-0.1, -0.05) is 30.3 Å². The van der Waals surface area contributed by atoms with E-state index >= 15 is 0 Å². The topological polar surface area (TPSA) is 81.2 Å². The molecule has 7 nitrogen and oxygen atoms in total. The van der Waals surface area contributed by atoms with Crippen molar-refractivity contribution in [2.45, 2.75) is 6.42 Å². The smallest absolute Gasteiger partial charge is 0.244 e. The molecule has 0 aliphatic carbocycles. The molecule has 0 radical (unpaired) electrons. The molecule has 0 saturated heterocycles. The SMILES string of the molecule is c1ccc(CCNc2nncc(Nc3ccc4c(c3)OCO4)n2)cc1. The normalized spacial score (nSPS) is 12.0. The minimum atomic E-state index is 0.253. The summed E-state index contributed by atoms with van der Waals surface area (Å²) >= 11 is 0. The summed E-state index contributed by atoms with van der Waals surface area (Å²) in [5.41, 5.74) is 2.11. The number of anilines is 3. The van der Waals surface area contributed by atoms with Crippen LogP contribution in [0.2, 0.25) is 0 Å². The van der Waals surface area contributed by atoms with Crippen molar-refractivity contribution in [3.8, 4) is 11.5 Å². The maximum Gasteiger partial charge on any atom is 0.244 e. The van der Waals surface area contributed by atoms with Gasteiger partial charge in [0.05, 0.1) is 6.20 Å². The maximum absolute atomic E-state index is 5.37. The number of nitrogens with zero attached hydrogens (tertiary/aromatic N) is 3. The zero-order valence-electron chi connectivity index (χ0n) is 13.5. The number of nitrogens with one attached hydrogen (secondary N) is 2. The van der Waals surface area contributed by atoms with E-state index in [4.69, 9.17) is 9.47 Å². The van der Waals surface area contributed by atoms with Crippen molar-refractivity contribution in [3.05, 3.63) is 60.3 Å². The van der Waals surface area contributed by atoms with Crippen LogP contribution < -0.4 is 20.1 Å². The molecular formula is C18H17N5O2. The lowest BCUT2D eigenvalue weighted by Gasteiger charge is -2.08. The summed E-state index contributed by atoms with van der Waals surface area (Å²) in [4.78, 5) is 4.42. The van der Waals surface area contributed by atoms with Crippen LogP contribution >= 0.6 is 0 Å². The van der Waals surface area contributed by atoms with Gasteiger partial charge in [-0.05, 0) is 24.1 Å². The number of ether oxygens (including phenoxy) is 2. The van der Waals surface area contributed by atoms with Gasteiger partial charge in [0.25, 0.3) is 0 Å². The Hall–Kier alpha value is -3.35. The first kappa shape index (κ1) is 15.2. The summed E-state index contributed by atoms with van der Waals surface area (Å²) < 4.78 is 10.7. The molecule has 0 atom stereocenters. The van der Waals surface area contributed by atoms with E-state index in [2.05, 4.69) is 37.9 Å². The number of fused-ring (bicyclic) bond motifs is 1. The minimum absolute atomic E-state index is 0.253. The molecule has 2 heterocycles. The van der Waals surface area contributed by atoms with E-state index in [1.807, 2.05) is 36.4 Å². The minimum Gasteiger partial charge on any atom is -0.454 e. The highest BCUT2D eigenvalue weighted by Crippen LogP contribution is 2.34. The van der Waals surface area contributed by atoms with E-state index in [0.717, 1.165) is 24.4 Å². The van der Waals surface area contributed by atoms with Crippen molar-refractivity contribution >= 4 is 17.5 Å². The Morgan fingerprint density at radius 3 is 2.80 bits per heavy atom. The highest BCUT2D eigenvalue weighted by atomic mass is 16.7. The summed E-state index contributed by atoms with van der Waals surface area (Å²) in [6.45, 7) is 0.989. The lowest BCUT2D eigenvalue weighted by molar-refractivity contribution is 0.174. The van der Waals surface area contributed by atoms with Gasteiger partial charge < -0.3 is 20.1 Å². The van der Waals surface area contributed by atoms with E-state index in [1.54, 1.807) is 6.20 Å². The van der Waals surface area contributed by atoms with Gasteiger partial charge in [0.2, 0.25) is 12.7 Å². The first-order valence-corrected chi connectivity index (χ1v) is 8.01. The molecule has 4 rings (SSSR count). The van der Waals surface area contributed by atoms with Crippen LogP contribution in [0, 0.1) is 0 Å². The number of aromatic nitrogens is 3. The third-order valence-corrected chi connectivity index (χ3v) is 3.74. The molecule has 0 unspecified atom stereocenters. The van der Waals surface area contributed by atoms with Gasteiger partial charge in [-0.15, -0.1) is 5.10 Å². The van der Waals surface area contributed by atoms with Crippen LogP contribution in [0.25, 0.3) is 0 Å². The van der Waals surface area contributed by atoms with Gasteiger partial charge in [0.15, 0.2) is 17.3 Å². The van der Waals surface area contributed by atoms with Gasteiger partial charge >= 0.3 is 0 Å². The van der Waals surface area contributed by atoms with E-state index in [0.29, 0.717) is 17.5 Å². The second-order valence-corrected chi connectivity index (χ2v) is 5.52. The molecule has 0 amide bonds. The Morgan fingerprint density at radius 2 is 1.88 bits per heavy atom. The van der Waals surface area contributed by atoms with Gasteiger partial charge in [0.1, 0.15) is 0 Å². The van der Waals surface area contributed by atoms with Crippen molar-refractivity contribution in [2.75, 3.05) is 24.0 Å². The van der Waals surface area contributed by atoms with Crippen LogP contribution in [-0.4, -0.2) is 28.5 Å². The third-order valence-electron chi connectivity index (χ3n) is 3.74. The molecule has 0 bridgehead atoms. The van der Waals surface area contributed by atoms with Crippen molar-refractivity contribution in [1.29, 1.82) is 0 Å². The van der Waals surface area contributed by atoms with Gasteiger partial charge in [-0.3, -0.25) is 0 Å². The Balaban J connectivity index is 1.38. The molecular weight excluding hydrogens is 318 g/mol. The van der Waals surface area contributed by atoms with Crippen LogP contribution in [0.5, 0.6) is 11.5 Å². The Labute approximate surface area is 145 Å². The molecule has 126 valence electrons. The molecule has 1 aliphatic heterocycles. The first-order valence-electron chi connectivity index (χ1n) is 8.01. The fraction of sp³-hybridized carbons (Fsp3) is 0.167. The largest absolute Gasteiger partial charge is 0.454 e. The predicted molar refractivity (Wildman–Crippen MR) is 94.3 cm³/mol. The second-order valence-electron chi connectivity index (χ2n) is 5.52. The molecule has 7 heteroatoms. The monoisotopic (exact) mass is 335 g/mol. The molecule has 25 heavy (non-hydrogen) atoms. The lowest BCUT2D eigenvalue weighted by Crippen LogP contribution is -2.09. The van der Waals surface area contributed by atoms with E-state index in [1.165, 1.54) is 5.56 Å². The number of hydrogen-bond acceptors (Lipinski definition) is 7. The highest BCUT2D eigenvalue weighted by Gasteiger charge is 2.13. The first-order chi connectivity index (χ1) is 12.4. The van der Waals surface area contributed by atoms with Crippen molar-refractivity contribution in [2.24, 2.45) is 0 Å². The fourth-order valence-electron chi connectivity index (χ4n) is 2.52. The standard InChI is InChI=1S/C18H17N5O2/c1-2-4-13(5-3-1)8-9-19-18-22-17(11-20-23-18)21-14-6-7-15-16(10-14)25-12-24-15/h1-7,10-11H,8-9,12H2,(H2,19,21,22,23). The molecule has 2 N–H and O–H groups in total. The van der Waals surface area contributed by atoms with Gasteiger partial charge in [-0.2, -0.15) is 10.1 Å². The van der Waals surface area contributed by atoms with Crippen molar-refractivity contribution in [3.63, 3.8) is 0 Å². The Kier molecular flexibility index (Phi) is 4.28. The van der Waals surface area contributed by atoms with Gasteiger partial charge in [0, 0.05) is 18.3 Å². The average molecular weight is 335 g/mol. The third kappa shape index (κ3) is 3.77. The lowest BCUT2D eigenvalue weighted by atomic mass is 10.1. The number of rotatable bonds is 6. The summed E-state index contributed by atoms with van der Waals surface area (Å²) in [7, 11) is 0. The van der Waals surface area contributed by atoms with Crippen LogP contribution in [0.1, 0.15) is 5.56 Å². The molecule has 0 fully saturated rings. The van der Waals surface area contributed by atoms with Gasteiger partial charge in [-0.25, -0.2) is 0 Å². The van der Waals surface area contributed by atoms with Crippen molar-refractivity contribution in [1.82, 2.24) is 15.2 Å². The predicted octanol–water partition coefficient (Wildman–Crippen LogP) is 3.00. The summed E-state index contributed by atoms with van der Waals surface area (Å²) in [6.07, 6.45) is 2.47. The molecule has 2 aromatic carbocycles. The zero-order valence-corrected chi connectivity index (χ0v) is 13.5. The Morgan fingerprint density at radius 1 is 1.00 bits per heavy atom. The average Bonchev–Trinajstić information content (AvgIpc) is 3.11. The van der Waals surface area contributed by atoms with Crippen LogP contribution in [0.4, 0.5) is 17.5 Å². The summed E-state index contributed by atoms with van der Waals surface area (Å²) in [5.74, 6) is 2.56. The van der Waals surface area contributed by atoms with E-state index in [9.17, 15) is 0 Å².